The molecular formula is C16H22N4S. The summed E-state index contributed by atoms with van der Waals surface area (Å²) in [6.07, 6.45) is 10.3. The van der Waals surface area contributed by atoms with Gasteiger partial charge in [0.1, 0.15) is 10.8 Å². The fraction of sp³-hybridized carbons (Fsp3) is 0.500. The summed E-state index contributed by atoms with van der Waals surface area (Å²) < 4.78 is 4.33. The van der Waals surface area contributed by atoms with Crippen molar-refractivity contribution in [3.63, 3.8) is 0 Å². The summed E-state index contributed by atoms with van der Waals surface area (Å²) in [6.45, 7) is 2.28. The van der Waals surface area contributed by atoms with Gasteiger partial charge in [-0.1, -0.05) is 19.3 Å². The molecule has 1 aliphatic carbocycles. The van der Waals surface area contributed by atoms with Crippen LogP contribution < -0.4 is 11.1 Å². The lowest BCUT2D eigenvalue weighted by Gasteiger charge is -2.28. The third-order valence-electron chi connectivity index (χ3n) is 4.40. The van der Waals surface area contributed by atoms with Gasteiger partial charge in [-0.05, 0) is 54.9 Å². The zero-order valence-corrected chi connectivity index (χ0v) is 13.2. The fourth-order valence-corrected chi connectivity index (χ4v) is 3.99. The summed E-state index contributed by atoms with van der Waals surface area (Å²) in [7, 11) is 0. The lowest BCUT2D eigenvalue weighted by molar-refractivity contribution is 0.329. The maximum absolute atomic E-state index is 6.07. The van der Waals surface area contributed by atoms with E-state index in [2.05, 4.69) is 21.6 Å². The van der Waals surface area contributed by atoms with Gasteiger partial charge in [0.25, 0.3) is 0 Å². The normalized spacial score (nSPS) is 17.6. The third kappa shape index (κ3) is 3.18. The van der Waals surface area contributed by atoms with Crippen LogP contribution in [0, 0.1) is 5.92 Å². The molecule has 1 aliphatic rings. The molecule has 2 heterocycles. The van der Waals surface area contributed by atoms with E-state index in [9.17, 15) is 0 Å². The van der Waals surface area contributed by atoms with Crippen LogP contribution in [0.3, 0.4) is 0 Å². The predicted octanol–water partition coefficient (Wildman–Crippen LogP) is 4.17. The maximum atomic E-state index is 6.07. The molecule has 1 saturated carbocycles. The Morgan fingerprint density at radius 2 is 1.95 bits per heavy atom. The molecule has 1 atom stereocenters. The quantitative estimate of drug-likeness (QED) is 0.889. The molecule has 3 N–H and O–H groups in total. The molecule has 0 amide bonds. The summed E-state index contributed by atoms with van der Waals surface area (Å²) in [5.41, 5.74) is 8.16. The second-order valence-electron chi connectivity index (χ2n) is 5.84. The van der Waals surface area contributed by atoms with Crippen molar-refractivity contribution in [3.05, 3.63) is 24.5 Å². The van der Waals surface area contributed by atoms with Crippen molar-refractivity contribution in [2.45, 2.75) is 45.1 Å². The Bertz CT molecular complexity index is 575. The minimum Gasteiger partial charge on any atom is -0.382 e. The number of rotatable bonds is 4. The molecule has 0 aromatic carbocycles. The van der Waals surface area contributed by atoms with E-state index in [1.165, 1.54) is 43.6 Å². The number of aromatic nitrogens is 2. The lowest BCUT2D eigenvalue weighted by Crippen LogP contribution is -2.27. The monoisotopic (exact) mass is 302 g/mol. The molecule has 0 radical (unpaired) electrons. The molecule has 2 aromatic heterocycles. The van der Waals surface area contributed by atoms with Gasteiger partial charge in [0, 0.05) is 18.4 Å². The van der Waals surface area contributed by atoms with Gasteiger partial charge in [-0.2, -0.15) is 4.37 Å². The first kappa shape index (κ1) is 14.3. The number of hydrogen-bond acceptors (Lipinski definition) is 5. The molecule has 1 fully saturated rings. The van der Waals surface area contributed by atoms with E-state index in [1.807, 2.05) is 12.1 Å². The smallest absolute Gasteiger partial charge is 0.147 e. The van der Waals surface area contributed by atoms with E-state index in [0.29, 0.717) is 11.9 Å². The van der Waals surface area contributed by atoms with Crippen LogP contribution in [-0.4, -0.2) is 15.4 Å². The van der Waals surface area contributed by atoms with Crippen LogP contribution in [0.15, 0.2) is 24.5 Å². The number of hydrogen-bond donors (Lipinski definition) is 2. The Morgan fingerprint density at radius 3 is 2.67 bits per heavy atom. The average molecular weight is 302 g/mol. The molecule has 21 heavy (non-hydrogen) atoms. The lowest BCUT2D eigenvalue weighted by atomic mass is 9.84. The number of pyridine rings is 1. The highest BCUT2D eigenvalue weighted by Gasteiger charge is 2.22. The molecule has 3 rings (SSSR count). The third-order valence-corrected chi connectivity index (χ3v) is 5.20. The van der Waals surface area contributed by atoms with Gasteiger partial charge in [0.15, 0.2) is 0 Å². The summed E-state index contributed by atoms with van der Waals surface area (Å²) in [4.78, 5) is 4.07. The highest BCUT2D eigenvalue weighted by Crippen LogP contribution is 2.38. The topological polar surface area (TPSA) is 63.8 Å². The van der Waals surface area contributed by atoms with Gasteiger partial charge >= 0.3 is 0 Å². The van der Waals surface area contributed by atoms with Gasteiger partial charge in [0.05, 0.1) is 5.56 Å². The number of anilines is 2. The number of nitrogen functional groups attached to an aromatic ring is 1. The molecule has 0 spiro atoms. The SMILES string of the molecule is CC(Nc1snc(N)c1-c1ccncc1)C1CCCCC1. The summed E-state index contributed by atoms with van der Waals surface area (Å²) in [5.74, 6) is 1.36. The zero-order valence-electron chi connectivity index (χ0n) is 12.4. The second-order valence-corrected chi connectivity index (χ2v) is 6.61. The van der Waals surface area contributed by atoms with E-state index in [-0.39, 0.29) is 0 Å². The standard InChI is InChI=1S/C16H22N4S/c1-11(12-5-3-2-4-6-12)19-16-14(15(17)20-21-16)13-7-9-18-10-8-13/h7-12,19H,2-6H2,1H3,(H2,17,20). The molecule has 0 aliphatic heterocycles. The molecule has 4 nitrogen and oxygen atoms in total. The Hall–Kier alpha value is -1.62. The minimum absolute atomic E-state index is 0.464. The molecule has 112 valence electrons. The Morgan fingerprint density at radius 1 is 1.24 bits per heavy atom. The van der Waals surface area contributed by atoms with Crippen molar-refractivity contribution in [1.29, 1.82) is 0 Å². The first-order valence-electron chi connectivity index (χ1n) is 7.68. The van der Waals surface area contributed by atoms with Crippen LogP contribution in [0.4, 0.5) is 10.8 Å². The van der Waals surface area contributed by atoms with Crippen molar-refractivity contribution in [1.82, 2.24) is 9.36 Å². The Kier molecular flexibility index (Phi) is 4.39. The van der Waals surface area contributed by atoms with Crippen molar-refractivity contribution in [3.8, 4) is 11.1 Å². The van der Waals surface area contributed by atoms with E-state index in [0.717, 1.165) is 22.0 Å². The molecule has 0 saturated heterocycles. The highest BCUT2D eigenvalue weighted by molar-refractivity contribution is 7.11. The number of nitrogens with zero attached hydrogens (tertiary/aromatic N) is 2. The Labute approximate surface area is 130 Å². The molecule has 0 bridgehead atoms. The first-order valence-corrected chi connectivity index (χ1v) is 8.45. The van der Waals surface area contributed by atoms with Crippen molar-refractivity contribution >= 4 is 22.4 Å². The van der Waals surface area contributed by atoms with Crippen LogP contribution >= 0.6 is 11.5 Å². The molecule has 5 heteroatoms. The van der Waals surface area contributed by atoms with Gasteiger partial charge in [0.2, 0.25) is 0 Å². The Balaban J connectivity index is 1.80. The maximum Gasteiger partial charge on any atom is 0.147 e. The van der Waals surface area contributed by atoms with Gasteiger partial charge in [-0.15, -0.1) is 0 Å². The molecule has 2 aromatic rings. The highest BCUT2D eigenvalue weighted by atomic mass is 32.1. The zero-order chi connectivity index (χ0) is 14.7. The van der Waals surface area contributed by atoms with Crippen LogP contribution in [0.25, 0.3) is 11.1 Å². The minimum atomic E-state index is 0.464. The summed E-state index contributed by atoms with van der Waals surface area (Å²) in [6, 6.07) is 4.43. The second kappa shape index (κ2) is 6.43. The molecule has 1 unspecified atom stereocenters. The van der Waals surface area contributed by atoms with E-state index < -0.39 is 0 Å². The van der Waals surface area contributed by atoms with Crippen molar-refractivity contribution in [2.24, 2.45) is 5.92 Å². The van der Waals surface area contributed by atoms with Crippen molar-refractivity contribution in [2.75, 3.05) is 11.1 Å². The van der Waals surface area contributed by atoms with Crippen LogP contribution in [0.2, 0.25) is 0 Å². The predicted molar refractivity (Wildman–Crippen MR) is 89.4 cm³/mol. The summed E-state index contributed by atoms with van der Waals surface area (Å²) >= 11 is 1.46. The summed E-state index contributed by atoms with van der Waals surface area (Å²) in [5, 5.41) is 4.74. The van der Waals surface area contributed by atoms with Crippen molar-refractivity contribution < 1.29 is 0 Å². The molecular weight excluding hydrogens is 280 g/mol. The largest absolute Gasteiger partial charge is 0.382 e. The van der Waals surface area contributed by atoms with E-state index in [4.69, 9.17) is 5.73 Å². The van der Waals surface area contributed by atoms with Crippen LogP contribution in [0.1, 0.15) is 39.0 Å². The number of nitrogens with two attached hydrogens (primary N) is 1. The van der Waals surface area contributed by atoms with E-state index in [1.54, 1.807) is 12.4 Å². The van der Waals surface area contributed by atoms with Gasteiger partial charge in [-0.25, -0.2) is 0 Å². The van der Waals surface area contributed by atoms with Gasteiger partial charge in [-0.3, -0.25) is 4.98 Å². The van der Waals surface area contributed by atoms with Crippen LogP contribution in [0.5, 0.6) is 0 Å². The average Bonchev–Trinajstić information content (AvgIpc) is 2.89. The van der Waals surface area contributed by atoms with Crippen LogP contribution in [-0.2, 0) is 0 Å². The number of nitrogens with one attached hydrogen (secondary N) is 1. The van der Waals surface area contributed by atoms with Gasteiger partial charge < -0.3 is 11.1 Å². The fourth-order valence-electron chi connectivity index (χ4n) is 3.16. The van der Waals surface area contributed by atoms with E-state index >= 15 is 0 Å². The first-order chi connectivity index (χ1) is 10.3.